The van der Waals surface area contributed by atoms with Crippen molar-refractivity contribution in [2.24, 2.45) is 5.92 Å². The molecule has 1 amide bonds. The summed E-state index contributed by atoms with van der Waals surface area (Å²) < 4.78 is 13.4. The highest BCUT2D eigenvalue weighted by atomic mass is 32.2. The van der Waals surface area contributed by atoms with Crippen LogP contribution in [0.2, 0.25) is 0 Å². The minimum absolute atomic E-state index is 0.0874. The molecule has 0 saturated heterocycles. The normalized spacial score (nSPS) is 13.1. The monoisotopic (exact) mass is 475 g/mol. The Morgan fingerprint density at radius 1 is 1.19 bits per heavy atom. The van der Waals surface area contributed by atoms with Crippen LogP contribution in [0.15, 0.2) is 41.0 Å². The molecule has 0 spiro atoms. The second-order valence-corrected chi connectivity index (χ2v) is 9.69. The van der Waals surface area contributed by atoms with E-state index < -0.39 is 0 Å². The first-order chi connectivity index (χ1) is 15.4. The number of aromatic nitrogens is 4. The molecule has 0 bridgehead atoms. The number of nitrogens with one attached hydrogen (secondary N) is 1. The van der Waals surface area contributed by atoms with Gasteiger partial charge in [0.2, 0.25) is 5.91 Å². The van der Waals surface area contributed by atoms with E-state index in [9.17, 15) is 4.79 Å². The molecule has 3 aromatic rings. The van der Waals surface area contributed by atoms with Crippen LogP contribution in [-0.4, -0.2) is 38.0 Å². The molecule has 32 heavy (non-hydrogen) atoms. The lowest BCUT2D eigenvalue weighted by Crippen LogP contribution is -2.25. The summed E-state index contributed by atoms with van der Waals surface area (Å²) in [5.41, 5.74) is 0. The molecule has 0 aliphatic heterocycles. The van der Waals surface area contributed by atoms with Gasteiger partial charge in [0.05, 0.1) is 12.4 Å². The predicted molar refractivity (Wildman–Crippen MR) is 128 cm³/mol. The molecule has 0 aliphatic rings. The van der Waals surface area contributed by atoms with Gasteiger partial charge in [-0.15, -0.1) is 21.5 Å². The molecule has 8 nitrogen and oxygen atoms in total. The fraction of sp³-hybridized carbons (Fsp3) is 0.455. The zero-order valence-electron chi connectivity index (χ0n) is 18.9. The molecule has 1 N–H and O–H groups in total. The van der Waals surface area contributed by atoms with Gasteiger partial charge in [0.15, 0.2) is 22.2 Å². The molecular formula is C22H29N5O3S2. The molecule has 0 radical (unpaired) electrons. The van der Waals surface area contributed by atoms with Gasteiger partial charge in [0.1, 0.15) is 11.5 Å². The Kier molecular flexibility index (Phi) is 8.52. The van der Waals surface area contributed by atoms with Gasteiger partial charge >= 0.3 is 0 Å². The summed E-state index contributed by atoms with van der Waals surface area (Å²) in [7, 11) is 1.63. The fourth-order valence-electron chi connectivity index (χ4n) is 3.06. The molecule has 2 aromatic heterocycles. The number of ether oxygens (including phenoxy) is 2. The van der Waals surface area contributed by atoms with E-state index >= 15 is 0 Å². The Hall–Kier alpha value is -2.59. The van der Waals surface area contributed by atoms with Crippen molar-refractivity contribution in [2.45, 2.75) is 57.2 Å². The van der Waals surface area contributed by atoms with Crippen molar-refractivity contribution >= 4 is 34.1 Å². The van der Waals surface area contributed by atoms with Crippen LogP contribution in [0.3, 0.4) is 0 Å². The number of nitrogens with zero attached hydrogens (tertiary/aromatic N) is 4. The lowest BCUT2D eigenvalue weighted by atomic mass is 10.2. The number of hydrogen-bond acceptors (Lipinski definition) is 8. The van der Waals surface area contributed by atoms with Crippen LogP contribution in [0, 0.1) is 5.92 Å². The summed E-state index contributed by atoms with van der Waals surface area (Å²) in [6.45, 7) is 8.94. The molecule has 0 saturated carbocycles. The van der Waals surface area contributed by atoms with Gasteiger partial charge in [-0.1, -0.05) is 32.5 Å². The molecule has 172 valence electrons. The van der Waals surface area contributed by atoms with Crippen LogP contribution >= 0.6 is 23.1 Å². The Labute approximate surface area is 196 Å². The number of hydrogen-bond donors (Lipinski definition) is 1. The SMILES string of the molecule is CCC(Sc1nnc(C(C)Oc2ccc(OC)cc2)n1CC(C)C)C(=O)Nc1nccs1. The van der Waals surface area contributed by atoms with E-state index in [-0.39, 0.29) is 17.3 Å². The third-order valence-corrected chi connectivity index (χ3v) is 6.64. The number of anilines is 1. The second kappa shape index (κ2) is 11.3. The molecule has 3 rings (SSSR count). The minimum atomic E-state index is -0.312. The zero-order valence-corrected chi connectivity index (χ0v) is 20.6. The lowest BCUT2D eigenvalue weighted by molar-refractivity contribution is -0.115. The maximum absolute atomic E-state index is 12.8. The van der Waals surface area contributed by atoms with Gasteiger partial charge in [0, 0.05) is 18.1 Å². The van der Waals surface area contributed by atoms with Crippen LogP contribution in [0.1, 0.15) is 46.0 Å². The first kappa shape index (κ1) is 24.1. The molecule has 10 heteroatoms. The van der Waals surface area contributed by atoms with Crippen molar-refractivity contribution in [1.29, 1.82) is 0 Å². The lowest BCUT2D eigenvalue weighted by Gasteiger charge is -2.19. The van der Waals surface area contributed by atoms with Crippen molar-refractivity contribution in [3.8, 4) is 11.5 Å². The Morgan fingerprint density at radius 3 is 2.50 bits per heavy atom. The summed E-state index contributed by atoms with van der Waals surface area (Å²) in [4.78, 5) is 16.9. The molecule has 1 aromatic carbocycles. The summed E-state index contributed by atoms with van der Waals surface area (Å²) >= 11 is 2.82. The highest BCUT2D eigenvalue weighted by Gasteiger charge is 2.25. The van der Waals surface area contributed by atoms with Gasteiger partial charge in [-0.25, -0.2) is 4.98 Å². The Bertz CT molecular complexity index is 990. The average molecular weight is 476 g/mol. The van der Waals surface area contributed by atoms with E-state index in [1.165, 1.54) is 23.1 Å². The predicted octanol–water partition coefficient (Wildman–Crippen LogP) is 5.05. The third-order valence-electron chi connectivity index (χ3n) is 4.60. The van der Waals surface area contributed by atoms with Crippen LogP contribution in [0.4, 0.5) is 5.13 Å². The van der Waals surface area contributed by atoms with Crippen molar-refractivity contribution in [1.82, 2.24) is 19.7 Å². The van der Waals surface area contributed by atoms with E-state index in [4.69, 9.17) is 9.47 Å². The van der Waals surface area contributed by atoms with E-state index in [1.807, 2.05) is 43.5 Å². The standard InChI is InChI=1S/C22H29N5O3S2/c1-6-18(20(28)24-21-23-11-12-31-21)32-22-26-25-19(27(22)13-14(2)3)15(4)30-17-9-7-16(29-5)8-10-17/h7-12,14-15,18H,6,13H2,1-5H3,(H,23,24,28). The van der Waals surface area contributed by atoms with E-state index in [2.05, 4.69) is 38.9 Å². The van der Waals surface area contributed by atoms with E-state index in [0.717, 1.165) is 23.9 Å². The zero-order chi connectivity index (χ0) is 23.1. The number of amides is 1. The molecule has 2 unspecified atom stereocenters. The molecule has 2 heterocycles. The van der Waals surface area contributed by atoms with Gasteiger partial charge < -0.3 is 19.4 Å². The van der Waals surface area contributed by atoms with Crippen LogP contribution in [-0.2, 0) is 11.3 Å². The highest BCUT2D eigenvalue weighted by molar-refractivity contribution is 8.00. The average Bonchev–Trinajstić information content (AvgIpc) is 3.42. The van der Waals surface area contributed by atoms with Crippen molar-refractivity contribution in [3.05, 3.63) is 41.7 Å². The summed E-state index contributed by atoms with van der Waals surface area (Å²) in [5, 5.41) is 14.5. The van der Waals surface area contributed by atoms with Gasteiger partial charge in [0.25, 0.3) is 0 Å². The van der Waals surface area contributed by atoms with E-state index in [1.54, 1.807) is 13.3 Å². The summed E-state index contributed by atoms with van der Waals surface area (Å²) in [6.07, 6.45) is 2.02. The van der Waals surface area contributed by atoms with Crippen molar-refractivity contribution in [3.63, 3.8) is 0 Å². The quantitative estimate of drug-likeness (QED) is 0.388. The number of rotatable bonds is 11. The molecule has 2 atom stereocenters. The number of benzene rings is 1. The highest BCUT2D eigenvalue weighted by Crippen LogP contribution is 2.30. The topological polar surface area (TPSA) is 91.2 Å². The maximum Gasteiger partial charge on any atom is 0.239 e. The van der Waals surface area contributed by atoms with Crippen molar-refractivity contribution < 1.29 is 14.3 Å². The van der Waals surface area contributed by atoms with Gasteiger partial charge in [-0.3, -0.25) is 4.79 Å². The minimum Gasteiger partial charge on any atom is -0.497 e. The Balaban J connectivity index is 1.77. The number of thioether (sulfide) groups is 1. The van der Waals surface area contributed by atoms with E-state index in [0.29, 0.717) is 22.6 Å². The smallest absolute Gasteiger partial charge is 0.239 e. The van der Waals surface area contributed by atoms with Crippen LogP contribution in [0.5, 0.6) is 11.5 Å². The number of methoxy groups -OCH3 is 1. The third kappa shape index (κ3) is 6.23. The summed E-state index contributed by atoms with van der Waals surface area (Å²) in [6, 6.07) is 7.44. The summed E-state index contributed by atoms with van der Waals surface area (Å²) in [5.74, 6) is 2.51. The number of thiazole rings is 1. The molecule has 0 fully saturated rings. The maximum atomic E-state index is 12.8. The fourth-order valence-corrected chi connectivity index (χ4v) is 4.56. The van der Waals surface area contributed by atoms with Crippen molar-refractivity contribution in [2.75, 3.05) is 12.4 Å². The molecule has 0 aliphatic carbocycles. The largest absolute Gasteiger partial charge is 0.497 e. The second-order valence-electron chi connectivity index (χ2n) is 7.62. The first-order valence-corrected chi connectivity index (χ1v) is 12.3. The Morgan fingerprint density at radius 2 is 1.91 bits per heavy atom. The van der Waals surface area contributed by atoms with Crippen LogP contribution in [0.25, 0.3) is 0 Å². The van der Waals surface area contributed by atoms with Gasteiger partial charge in [-0.05, 0) is 43.5 Å². The first-order valence-electron chi connectivity index (χ1n) is 10.5. The number of carbonyl (C=O) groups is 1. The van der Waals surface area contributed by atoms with Gasteiger partial charge in [-0.2, -0.15) is 0 Å². The van der Waals surface area contributed by atoms with Crippen LogP contribution < -0.4 is 14.8 Å². The number of carbonyl (C=O) groups excluding carboxylic acids is 1. The molecular weight excluding hydrogens is 446 g/mol.